The summed E-state index contributed by atoms with van der Waals surface area (Å²) >= 11 is 0. The van der Waals surface area contributed by atoms with Crippen LogP contribution in [-0.2, 0) is 14.9 Å². The predicted octanol–water partition coefficient (Wildman–Crippen LogP) is 4.18. The highest BCUT2D eigenvalue weighted by molar-refractivity contribution is 5.96. The van der Waals surface area contributed by atoms with Gasteiger partial charge in [-0.2, -0.15) is 0 Å². The van der Waals surface area contributed by atoms with Gasteiger partial charge in [-0.1, -0.05) is 45.0 Å². The molecule has 26 heavy (non-hydrogen) atoms. The third-order valence-electron chi connectivity index (χ3n) is 3.78. The molecular weight excluding hydrogens is 330 g/mol. The van der Waals surface area contributed by atoms with E-state index >= 15 is 0 Å². The number of esters is 1. The van der Waals surface area contributed by atoms with Crippen LogP contribution in [0.5, 0.6) is 5.75 Å². The van der Waals surface area contributed by atoms with Gasteiger partial charge >= 0.3 is 5.97 Å². The Bertz CT molecular complexity index is 760. The SMILES string of the molecule is CCOc1ccccc1C(=O)OCC(=O)Nc1ccc(C(C)(C)C)cc1. The fourth-order valence-corrected chi connectivity index (χ4v) is 2.38. The number of carbonyl (C=O) groups is 2. The lowest BCUT2D eigenvalue weighted by Crippen LogP contribution is -2.21. The topological polar surface area (TPSA) is 64.6 Å². The standard InChI is InChI=1S/C21H25NO4/c1-5-25-18-9-7-6-8-17(18)20(24)26-14-19(23)22-16-12-10-15(11-13-16)21(2,3)4/h6-13H,5,14H2,1-4H3,(H,22,23). The predicted molar refractivity (Wildman–Crippen MR) is 102 cm³/mol. The first-order valence-corrected chi connectivity index (χ1v) is 8.60. The monoisotopic (exact) mass is 355 g/mol. The van der Waals surface area contributed by atoms with E-state index in [4.69, 9.17) is 9.47 Å². The van der Waals surface area contributed by atoms with E-state index < -0.39 is 11.9 Å². The van der Waals surface area contributed by atoms with Crippen LogP contribution in [0.2, 0.25) is 0 Å². The van der Waals surface area contributed by atoms with Crippen molar-refractivity contribution in [2.24, 2.45) is 0 Å². The lowest BCUT2D eigenvalue weighted by molar-refractivity contribution is -0.119. The minimum atomic E-state index is -0.590. The normalized spacial score (nSPS) is 10.9. The van der Waals surface area contributed by atoms with Crippen LogP contribution in [0.3, 0.4) is 0 Å². The van der Waals surface area contributed by atoms with Crippen LogP contribution in [0.4, 0.5) is 5.69 Å². The zero-order chi connectivity index (χ0) is 19.2. The molecule has 0 aromatic heterocycles. The maximum atomic E-state index is 12.2. The van der Waals surface area contributed by atoms with Crippen LogP contribution in [0, 0.1) is 0 Å². The highest BCUT2D eigenvalue weighted by atomic mass is 16.5. The van der Waals surface area contributed by atoms with Crippen molar-refractivity contribution in [1.29, 1.82) is 0 Å². The minimum absolute atomic E-state index is 0.0476. The summed E-state index contributed by atoms with van der Waals surface area (Å²) in [6.45, 7) is 8.29. The van der Waals surface area contributed by atoms with E-state index in [9.17, 15) is 9.59 Å². The van der Waals surface area contributed by atoms with E-state index in [-0.39, 0.29) is 12.0 Å². The van der Waals surface area contributed by atoms with E-state index in [1.807, 2.05) is 31.2 Å². The van der Waals surface area contributed by atoms with Crippen molar-refractivity contribution in [2.45, 2.75) is 33.1 Å². The first-order valence-electron chi connectivity index (χ1n) is 8.60. The van der Waals surface area contributed by atoms with E-state index in [1.165, 1.54) is 5.56 Å². The van der Waals surface area contributed by atoms with Gasteiger partial charge in [0, 0.05) is 5.69 Å². The molecule has 0 spiro atoms. The minimum Gasteiger partial charge on any atom is -0.493 e. The largest absolute Gasteiger partial charge is 0.493 e. The Morgan fingerprint density at radius 1 is 1.00 bits per heavy atom. The molecule has 0 bridgehead atoms. The van der Waals surface area contributed by atoms with E-state index in [0.29, 0.717) is 23.6 Å². The molecule has 0 aliphatic rings. The summed E-state index contributed by atoms with van der Waals surface area (Å²) in [7, 11) is 0. The second-order valence-corrected chi connectivity index (χ2v) is 6.88. The molecule has 138 valence electrons. The second-order valence-electron chi connectivity index (χ2n) is 6.88. The molecule has 2 aromatic rings. The van der Waals surface area contributed by atoms with Gasteiger partial charge in [0.2, 0.25) is 0 Å². The third kappa shape index (κ3) is 5.34. The zero-order valence-corrected chi connectivity index (χ0v) is 15.7. The average molecular weight is 355 g/mol. The summed E-state index contributed by atoms with van der Waals surface area (Å²) < 4.78 is 10.5. The fraction of sp³-hybridized carbons (Fsp3) is 0.333. The Labute approximate surface area is 154 Å². The maximum absolute atomic E-state index is 12.2. The van der Waals surface area contributed by atoms with Gasteiger partial charge in [0.15, 0.2) is 6.61 Å². The van der Waals surface area contributed by atoms with Gasteiger partial charge in [-0.25, -0.2) is 4.79 Å². The highest BCUT2D eigenvalue weighted by Gasteiger charge is 2.16. The van der Waals surface area contributed by atoms with Crippen molar-refractivity contribution >= 4 is 17.6 Å². The molecule has 1 amide bonds. The second kappa shape index (κ2) is 8.52. The van der Waals surface area contributed by atoms with Crippen molar-refractivity contribution in [3.63, 3.8) is 0 Å². The lowest BCUT2D eigenvalue weighted by Gasteiger charge is -2.19. The van der Waals surface area contributed by atoms with Crippen molar-refractivity contribution in [3.05, 3.63) is 59.7 Å². The summed E-state index contributed by atoms with van der Waals surface area (Å²) in [5.41, 5.74) is 2.19. The van der Waals surface area contributed by atoms with Gasteiger partial charge in [0.05, 0.1) is 6.61 Å². The number of para-hydroxylation sites is 1. The molecule has 0 fully saturated rings. The van der Waals surface area contributed by atoms with Crippen molar-refractivity contribution in [2.75, 3.05) is 18.5 Å². The number of anilines is 1. The molecule has 0 atom stereocenters. The average Bonchev–Trinajstić information content (AvgIpc) is 2.60. The van der Waals surface area contributed by atoms with Gasteiger partial charge < -0.3 is 14.8 Å². The smallest absolute Gasteiger partial charge is 0.342 e. The van der Waals surface area contributed by atoms with Crippen LogP contribution >= 0.6 is 0 Å². The quantitative estimate of drug-likeness (QED) is 0.790. The summed E-state index contributed by atoms with van der Waals surface area (Å²) in [6.07, 6.45) is 0. The molecule has 0 unspecified atom stereocenters. The van der Waals surface area contributed by atoms with Gasteiger partial charge in [0.1, 0.15) is 11.3 Å². The molecule has 0 aliphatic heterocycles. The Kier molecular flexibility index (Phi) is 6.39. The highest BCUT2D eigenvalue weighted by Crippen LogP contribution is 2.23. The number of hydrogen-bond donors (Lipinski definition) is 1. The Morgan fingerprint density at radius 2 is 1.65 bits per heavy atom. The molecule has 0 aliphatic carbocycles. The molecular formula is C21H25NO4. The molecule has 5 heteroatoms. The number of rotatable bonds is 6. The number of carbonyl (C=O) groups excluding carboxylic acids is 2. The van der Waals surface area contributed by atoms with E-state index in [1.54, 1.807) is 24.3 Å². The maximum Gasteiger partial charge on any atom is 0.342 e. The third-order valence-corrected chi connectivity index (χ3v) is 3.78. The Hall–Kier alpha value is -2.82. The van der Waals surface area contributed by atoms with Crippen LogP contribution in [0.1, 0.15) is 43.6 Å². The number of benzene rings is 2. The molecule has 0 heterocycles. The van der Waals surface area contributed by atoms with Crippen LogP contribution in [0.25, 0.3) is 0 Å². The number of hydrogen-bond acceptors (Lipinski definition) is 4. The molecule has 0 radical (unpaired) electrons. The molecule has 1 N–H and O–H groups in total. The van der Waals surface area contributed by atoms with Crippen LogP contribution in [0.15, 0.2) is 48.5 Å². The molecule has 5 nitrogen and oxygen atoms in total. The van der Waals surface area contributed by atoms with Crippen molar-refractivity contribution < 1.29 is 19.1 Å². The van der Waals surface area contributed by atoms with Gasteiger partial charge in [-0.15, -0.1) is 0 Å². The lowest BCUT2D eigenvalue weighted by atomic mass is 9.87. The van der Waals surface area contributed by atoms with Gasteiger partial charge in [-0.05, 0) is 42.2 Å². The van der Waals surface area contributed by atoms with Gasteiger partial charge in [0.25, 0.3) is 5.91 Å². The number of nitrogens with one attached hydrogen (secondary N) is 1. The first-order chi connectivity index (χ1) is 12.3. The van der Waals surface area contributed by atoms with E-state index in [2.05, 4.69) is 26.1 Å². The van der Waals surface area contributed by atoms with Gasteiger partial charge in [-0.3, -0.25) is 4.79 Å². The Morgan fingerprint density at radius 3 is 2.27 bits per heavy atom. The first kappa shape index (κ1) is 19.5. The van der Waals surface area contributed by atoms with Crippen LogP contribution < -0.4 is 10.1 Å². The molecule has 0 saturated carbocycles. The molecule has 2 aromatic carbocycles. The van der Waals surface area contributed by atoms with Crippen molar-refractivity contribution in [3.8, 4) is 5.75 Å². The number of ether oxygens (including phenoxy) is 2. The summed E-state index contributed by atoms with van der Waals surface area (Å²) in [4.78, 5) is 24.2. The summed E-state index contributed by atoms with van der Waals surface area (Å²) in [6, 6.07) is 14.4. The van der Waals surface area contributed by atoms with E-state index in [0.717, 1.165) is 0 Å². The Balaban J connectivity index is 1.92. The summed E-state index contributed by atoms with van der Waals surface area (Å²) in [5, 5.41) is 2.72. The zero-order valence-electron chi connectivity index (χ0n) is 15.7. The fourth-order valence-electron chi connectivity index (χ4n) is 2.38. The molecule has 0 saturated heterocycles. The van der Waals surface area contributed by atoms with Crippen LogP contribution in [-0.4, -0.2) is 25.1 Å². The number of amides is 1. The van der Waals surface area contributed by atoms with Crippen molar-refractivity contribution in [1.82, 2.24) is 0 Å². The molecule has 2 rings (SSSR count). The summed E-state index contributed by atoms with van der Waals surface area (Å²) in [5.74, 6) is -0.541.